The maximum absolute atomic E-state index is 12.3. The lowest BCUT2D eigenvalue weighted by molar-refractivity contribution is -0.150. The Bertz CT molecular complexity index is 794. The molecule has 2 aliphatic carbocycles. The molecule has 0 spiro atoms. The number of aliphatic hydroxyl groups excluding tert-OH is 1. The number of hydrogen-bond donors (Lipinski definition) is 2. The molecule has 6 nitrogen and oxygen atoms in total. The van der Waals surface area contributed by atoms with Gasteiger partial charge in [0, 0.05) is 18.7 Å². The number of carbonyl (C=O) groups excluding carboxylic acids is 2. The predicted octanol–water partition coefficient (Wildman–Crippen LogP) is 5.18. The number of aliphatic hydroxyl groups is 1. The summed E-state index contributed by atoms with van der Waals surface area (Å²) in [6.07, 6.45) is 11.7. The highest BCUT2D eigenvalue weighted by Gasteiger charge is 2.26. The lowest BCUT2D eigenvalue weighted by Crippen LogP contribution is -2.28. The van der Waals surface area contributed by atoms with Crippen molar-refractivity contribution in [1.29, 1.82) is 5.41 Å². The van der Waals surface area contributed by atoms with E-state index >= 15 is 0 Å². The van der Waals surface area contributed by atoms with Crippen molar-refractivity contribution >= 4 is 17.7 Å². The lowest BCUT2D eigenvalue weighted by atomic mass is 9.87. The summed E-state index contributed by atoms with van der Waals surface area (Å²) in [5, 5.41) is 17.4. The number of carbonyl (C=O) groups is 2. The third kappa shape index (κ3) is 9.21. The Morgan fingerprint density at radius 3 is 2.24 bits per heavy atom. The first-order valence-corrected chi connectivity index (χ1v) is 13.1. The summed E-state index contributed by atoms with van der Waals surface area (Å²) in [5.74, 6) is 0.474. The Kier molecular flexibility index (Phi) is 11.1. The maximum atomic E-state index is 12.3. The molecule has 2 aliphatic rings. The van der Waals surface area contributed by atoms with Crippen LogP contribution in [0, 0.1) is 17.2 Å². The smallest absolute Gasteiger partial charge is 0.311 e. The van der Waals surface area contributed by atoms with Crippen LogP contribution in [0.4, 0.5) is 0 Å². The molecular formula is C28H41NO5. The van der Waals surface area contributed by atoms with Crippen LogP contribution in [0.1, 0.15) is 88.2 Å². The number of aryl methyl sites for hydroxylation is 1. The van der Waals surface area contributed by atoms with Crippen LogP contribution in [0.5, 0.6) is 0 Å². The Balaban J connectivity index is 1.28. The minimum Gasteiger partial charge on any atom is -0.465 e. The molecule has 0 heterocycles. The van der Waals surface area contributed by atoms with E-state index in [2.05, 4.69) is 0 Å². The second-order valence-electron chi connectivity index (χ2n) is 10.0. The highest BCUT2D eigenvalue weighted by molar-refractivity contribution is 5.97. The molecule has 0 amide bonds. The molecule has 34 heavy (non-hydrogen) atoms. The van der Waals surface area contributed by atoms with Gasteiger partial charge in [-0.2, -0.15) is 0 Å². The van der Waals surface area contributed by atoms with Crippen LogP contribution in [0.2, 0.25) is 0 Å². The molecule has 0 bridgehead atoms. The van der Waals surface area contributed by atoms with Crippen LogP contribution in [0.15, 0.2) is 24.3 Å². The van der Waals surface area contributed by atoms with Gasteiger partial charge in [-0.1, -0.05) is 43.5 Å². The van der Waals surface area contributed by atoms with Gasteiger partial charge in [-0.05, 0) is 80.8 Å². The first-order chi connectivity index (χ1) is 16.5. The van der Waals surface area contributed by atoms with Gasteiger partial charge in [-0.25, -0.2) is 0 Å². The van der Waals surface area contributed by atoms with E-state index in [1.165, 1.54) is 19.3 Å². The second kappa shape index (κ2) is 14.2. The molecule has 0 saturated heterocycles. The van der Waals surface area contributed by atoms with Crippen molar-refractivity contribution in [3.8, 4) is 0 Å². The van der Waals surface area contributed by atoms with Gasteiger partial charge in [0.15, 0.2) is 0 Å². The normalized spacial score (nSPS) is 21.1. The van der Waals surface area contributed by atoms with E-state index in [4.69, 9.17) is 14.9 Å². The third-order valence-corrected chi connectivity index (χ3v) is 7.31. The molecule has 2 N–H and O–H groups in total. The van der Waals surface area contributed by atoms with Crippen LogP contribution in [-0.4, -0.2) is 42.1 Å². The number of esters is 2. The highest BCUT2D eigenvalue weighted by Crippen LogP contribution is 2.29. The zero-order valence-electron chi connectivity index (χ0n) is 20.4. The average molecular weight is 472 g/mol. The monoisotopic (exact) mass is 471 g/mol. The SMILES string of the molecule is N=C(CCc1ccccc1CCO)CC(=O)OC1CCC(COC(=O)CC2CCCCC2)CC1. The Hall–Kier alpha value is -2.21. The maximum Gasteiger partial charge on any atom is 0.311 e. The zero-order chi connectivity index (χ0) is 24.2. The number of nitrogens with one attached hydrogen (secondary N) is 1. The van der Waals surface area contributed by atoms with E-state index in [9.17, 15) is 14.7 Å². The number of ether oxygens (including phenoxy) is 2. The fraction of sp³-hybridized carbons (Fsp3) is 0.679. The molecule has 1 aromatic carbocycles. The van der Waals surface area contributed by atoms with Gasteiger partial charge in [-0.3, -0.25) is 9.59 Å². The Morgan fingerprint density at radius 1 is 0.882 bits per heavy atom. The predicted molar refractivity (Wildman–Crippen MR) is 132 cm³/mol. The van der Waals surface area contributed by atoms with Gasteiger partial charge in [0.2, 0.25) is 0 Å². The molecule has 0 aliphatic heterocycles. The average Bonchev–Trinajstić information content (AvgIpc) is 2.84. The third-order valence-electron chi connectivity index (χ3n) is 7.31. The second-order valence-corrected chi connectivity index (χ2v) is 10.0. The quantitative estimate of drug-likeness (QED) is 0.323. The minimum absolute atomic E-state index is 0.0286. The first kappa shape index (κ1) is 26.4. The fourth-order valence-electron chi connectivity index (χ4n) is 5.25. The van der Waals surface area contributed by atoms with Crippen LogP contribution in [0.3, 0.4) is 0 Å². The lowest BCUT2D eigenvalue weighted by Gasteiger charge is -2.28. The molecule has 2 saturated carbocycles. The number of benzene rings is 1. The summed E-state index contributed by atoms with van der Waals surface area (Å²) in [4.78, 5) is 24.5. The van der Waals surface area contributed by atoms with Crippen molar-refractivity contribution in [2.24, 2.45) is 11.8 Å². The summed E-state index contributed by atoms with van der Waals surface area (Å²) in [6.45, 7) is 0.584. The van der Waals surface area contributed by atoms with E-state index in [1.54, 1.807) is 0 Å². The van der Waals surface area contributed by atoms with Gasteiger partial charge in [0.1, 0.15) is 6.10 Å². The van der Waals surface area contributed by atoms with Crippen LogP contribution in [-0.2, 0) is 31.9 Å². The summed E-state index contributed by atoms with van der Waals surface area (Å²) >= 11 is 0. The van der Waals surface area contributed by atoms with E-state index in [-0.39, 0.29) is 31.1 Å². The van der Waals surface area contributed by atoms with Gasteiger partial charge in [-0.15, -0.1) is 0 Å². The van der Waals surface area contributed by atoms with Crippen LogP contribution < -0.4 is 0 Å². The molecular weight excluding hydrogens is 430 g/mol. The zero-order valence-corrected chi connectivity index (χ0v) is 20.4. The van der Waals surface area contributed by atoms with Gasteiger partial charge in [0.05, 0.1) is 13.0 Å². The van der Waals surface area contributed by atoms with Crippen molar-refractivity contribution < 1.29 is 24.2 Å². The molecule has 0 unspecified atom stereocenters. The van der Waals surface area contributed by atoms with Crippen LogP contribution in [0.25, 0.3) is 0 Å². The minimum atomic E-state index is -0.323. The summed E-state index contributed by atoms with van der Waals surface area (Å²) < 4.78 is 11.2. The molecule has 0 radical (unpaired) electrons. The van der Waals surface area contributed by atoms with E-state index < -0.39 is 0 Å². The first-order valence-electron chi connectivity index (χ1n) is 13.1. The molecule has 6 heteroatoms. The van der Waals surface area contributed by atoms with E-state index in [1.807, 2.05) is 24.3 Å². The van der Waals surface area contributed by atoms with Crippen LogP contribution >= 0.6 is 0 Å². The summed E-state index contributed by atoms with van der Waals surface area (Å²) in [5.41, 5.74) is 2.59. The largest absolute Gasteiger partial charge is 0.465 e. The van der Waals surface area contributed by atoms with E-state index in [0.29, 0.717) is 49.8 Å². The summed E-state index contributed by atoms with van der Waals surface area (Å²) in [7, 11) is 0. The van der Waals surface area contributed by atoms with Crippen molar-refractivity contribution in [2.45, 2.75) is 96.0 Å². The van der Waals surface area contributed by atoms with Gasteiger partial charge < -0.3 is 20.0 Å². The Morgan fingerprint density at radius 2 is 1.56 bits per heavy atom. The molecule has 188 valence electrons. The van der Waals surface area contributed by atoms with Crippen molar-refractivity contribution in [3.63, 3.8) is 0 Å². The fourth-order valence-corrected chi connectivity index (χ4v) is 5.25. The summed E-state index contributed by atoms with van der Waals surface area (Å²) in [6, 6.07) is 7.93. The topological polar surface area (TPSA) is 96.7 Å². The number of hydrogen-bond acceptors (Lipinski definition) is 6. The van der Waals surface area contributed by atoms with Crippen molar-refractivity contribution in [2.75, 3.05) is 13.2 Å². The van der Waals surface area contributed by atoms with Gasteiger partial charge >= 0.3 is 11.9 Å². The van der Waals surface area contributed by atoms with Crippen molar-refractivity contribution in [3.05, 3.63) is 35.4 Å². The molecule has 3 rings (SSSR count). The van der Waals surface area contributed by atoms with Gasteiger partial charge in [0.25, 0.3) is 0 Å². The standard InChI is InChI=1S/C28H41NO5/c29-25(13-12-23-8-4-5-9-24(23)16-17-30)19-28(32)34-26-14-10-22(11-15-26)20-33-27(31)18-21-6-2-1-3-7-21/h4-5,8-9,21-22,26,29-30H,1-3,6-7,10-20H2. The molecule has 2 fully saturated rings. The molecule has 0 aromatic heterocycles. The highest BCUT2D eigenvalue weighted by atomic mass is 16.5. The molecule has 0 atom stereocenters. The van der Waals surface area contributed by atoms with E-state index in [0.717, 1.165) is 49.7 Å². The van der Waals surface area contributed by atoms with Crippen molar-refractivity contribution in [1.82, 2.24) is 0 Å². The number of rotatable bonds is 12. The Labute approximate surface area is 203 Å². The molecule has 1 aromatic rings.